The Bertz CT molecular complexity index is 372. The standard InChI is InChI=1S/C13H19BrO2/c1-5-9-6-10(13(2,3)8-15)12(16-4)11(14)7-9/h6-7,15H,5,8H2,1-4H3. The van der Waals surface area contributed by atoms with Gasteiger partial charge in [0.05, 0.1) is 18.2 Å². The maximum atomic E-state index is 9.45. The van der Waals surface area contributed by atoms with Gasteiger partial charge in [0.15, 0.2) is 0 Å². The van der Waals surface area contributed by atoms with Crippen molar-refractivity contribution in [3.05, 3.63) is 27.7 Å². The van der Waals surface area contributed by atoms with Gasteiger partial charge in [-0.05, 0) is 34.0 Å². The van der Waals surface area contributed by atoms with E-state index in [0.717, 1.165) is 22.2 Å². The van der Waals surface area contributed by atoms with Gasteiger partial charge in [-0.2, -0.15) is 0 Å². The number of methoxy groups -OCH3 is 1. The lowest BCUT2D eigenvalue weighted by atomic mass is 9.84. The van der Waals surface area contributed by atoms with E-state index in [1.165, 1.54) is 5.56 Å². The molecule has 3 heteroatoms. The zero-order chi connectivity index (χ0) is 12.3. The number of rotatable bonds is 4. The summed E-state index contributed by atoms with van der Waals surface area (Å²) in [5.41, 5.74) is 1.99. The monoisotopic (exact) mass is 286 g/mol. The second-order valence-corrected chi connectivity index (χ2v) is 5.41. The average Bonchev–Trinajstić information content (AvgIpc) is 2.27. The first-order chi connectivity index (χ1) is 7.46. The Balaban J connectivity index is 3.39. The summed E-state index contributed by atoms with van der Waals surface area (Å²) in [6.07, 6.45) is 0.969. The second kappa shape index (κ2) is 5.19. The van der Waals surface area contributed by atoms with Crippen LogP contribution >= 0.6 is 15.9 Å². The molecule has 0 heterocycles. The quantitative estimate of drug-likeness (QED) is 0.920. The minimum Gasteiger partial charge on any atom is -0.495 e. The molecule has 0 radical (unpaired) electrons. The van der Waals surface area contributed by atoms with Crippen LogP contribution in [0.3, 0.4) is 0 Å². The van der Waals surface area contributed by atoms with Crippen molar-refractivity contribution in [1.82, 2.24) is 0 Å². The van der Waals surface area contributed by atoms with E-state index in [4.69, 9.17) is 4.74 Å². The Kier molecular flexibility index (Phi) is 4.39. The van der Waals surface area contributed by atoms with Crippen LogP contribution in [0.5, 0.6) is 5.75 Å². The number of ether oxygens (including phenoxy) is 1. The van der Waals surface area contributed by atoms with Crippen LogP contribution in [0.25, 0.3) is 0 Å². The van der Waals surface area contributed by atoms with Crippen molar-refractivity contribution < 1.29 is 9.84 Å². The summed E-state index contributed by atoms with van der Waals surface area (Å²) in [6.45, 7) is 6.24. The van der Waals surface area contributed by atoms with Gasteiger partial charge in [0.2, 0.25) is 0 Å². The van der Waals surface area contributed by atoms with E-state index in [1.54, 1.807) is 7.11 Å². The second-order valence-electron chi connectivity index (χ2n) is 4.55. The Hall–Kier alpha value is -0.540. The summed E-state index contributed by atoms with van der Waals surface area (Å²) in [5, 5.41) is 9.45. The van der Waals surface area contributed by atoms with E-state index in [0.29, 0.717) is 0 Å². The molecule has 0 aromatic heterocycles. The summed E-state index contributed by atoms with van der Waals surface area (Å²) >= 11 is 3.51. The van der Waals surface area contributed by atoms with Crippen molar-refractivity contribution in [3.8, 4) is 5.75 Å². The topological polar surface area (TPSA) is 29.5 Å². The summed E-state index contributed by atoms with van der Waals surface area (Å²) in [7, 11) is 1.66. The largest absolute Gasteiger partial charge is 0.495 e. The molecule has 1 aromatic carbocycles. The van der Waals surface area contributed by atoms with E-state index in [1.807, 2.05) is 13.8 Å². The van der Waals surface area contributed by atoms with Gasteiger partial charge in [-0.1, -0.05) is 26.8 Å². The molecule has 90 valence electrons. The van der Waals surface area contributed by atoms with Crippen molar-refractivity contribution in [1.29, 1.82) is 0 Å². The Morgan fingerprint density at radius 2 is 2.00 bits per heavy atom. The normalized spacial score (nSPS) is 11.6. The van der Waals surface area contributed by atoms with Gasteiger partial charge in [0.1, 0.15) is 5.75 Å². The Labute approximate surface area is 106 Å². The number of hydrogen-bond donors (Lipinski definition) is 1. The third kappa shape index (κ3) is 2.58. The van der Waals surface area contributed by atoms with Crippen LogP contribution in [-0.2, 0) is 11.8 Å². The summed E-state index contributed by atoms with van der Waals surface area (Å²) in [5.74, 6) is 0.816. The fourth-order valence-corrected chi connectivity index (χ4v) is 2.32. The van der Waals surface area contributed by atoms with Gasteiger partial charge in [-0.15, -0.1) is 0 Å². The minimum absolute atomic E-state index is 0.100. The highest BCUT2D eigenvalue weighted by molar-refractivity contribution is 9.10. The Morgan fingerprint density at radius 3 is 2.44 bits per heavy atom. The molecule has 1 rings (SSSR count). The third-order valence-corrected chi connectivity index (χ3v) is 3.43. The first-order valence-corrected chi connectivity index (χ1v) is 6.23. The summed E-state index contributed by atoms with van der Waals surface area (Å²) in [6, 6.07) is 4.18. The minimum atomic E-state index is -0.293. The number of hydrogen-bond acceptors (Lipinski definition) is 2. The lowest BCUT2D eigenvalue weighted by Gasteiger charge is -2.26. The smallest absolute Gasteiger partial charge is 0.136 e. The van der Waals surface area contributed by atoms with Crippen molar-refractivity contribution >= 4 is 15.9 Å². The molecule has 2 nitrogen and oxygen atoms in total. The molecule has 0 aliphatic heterocycles. The molecule has 0 atom stereocenters. The van der Waals surface area contributed by atoms with Crippen molar-refractivity contribution in [3.63, 3.8) is 0 Å². The van der Waals surface area contributed by atoms with Gasteiger partial charge in [-0.3, -0.25) is 0 Å². The molecular formula is C13H19BrO2. The number of aliphatic hydroxyl groups excluding tert-OH is 1. The van der Waals surface area contributed by atoms with Gasteiger partial charge >= 0.3 is 0 Å². The van der Waals surface area contributed by atoms with Crippen LogP contribution in [-0.4, -0.2) is 18.8 Å². The Morgan fingerprint density at radius 1 is 1.38 bits per heavy atom. The van der Waals surface area contributed by atoms with Crippen LogP contribution in [0.4, 0.5) is 0 Å². The van der Waals surface area contributed by atoms with E-state index in [-0.39, 0.29) is 12.0 Å². The molecule has 0 spiro atoms. The van der Waals surface area contributed by atoms with Gasteiger partial charge < -0.3 is 9.84 Å². The molecule has 16 heavy (non-hydrogen) atoms. The fourth-order valence-electron chi connectivity index (χ4n) is 1.65. The van der Waals surface area contributed by atoms with Crippen molar-refractivity contribution in [2.75, 3.05) is 13.7 Å². The number of benzene rings is 1. The van der Waals surface area contributed by atoms with Gasteiger partial charge in [-0.25, -0.2) is 0 Å². The first kappa shape index (κ1) is 13.5. The third-order valence-electron chi connectivity index (χ3n) is 2.84. The van der Waals surface area contributed by atoms with Crippen molar-refractivity contribution in [2.45, 2.75) is 32.6 Å². The number of aliphatic hydroxyl groups is 1. The lowest BCUT2D eigenvalue weighted by Crippen LogP contribution is -2.23. The number of aryl methyl sites for hydroxylation is 1. The van der Waals surface area contributed by atoms with Crippen LogP contribution in [0, 0.1) is 0 Å². The van der Waals surface area contributed by atoms with Gasteiger partial charge in [0.25, 0.3) is 0 Å². The molecule has 0 amide bonds. The highest BCUT2D eigenvalue weighted by Crippen LogP contribution is 2.38. The van der Waals surface area contributed by atoms with E-state index in [2.05, 4.69) is 35.0 Å². The lowest BCUT2D eigenvalue weighted by molar-refractivity contribution is 0.214. The molecule has 0 aliphatic rings. The van der Waals surface area contributed by atoms with E-state index < -0.39 is 0 Å². The van der Waals surface area contributed by atoms with Crippen LogP contribution in [0.2, 0.25) is 0 Å². The zero-order valence-corrected chi connectivity index (χ0v) is 11.9. The summed E-state index contributed by atoms with van der Waals surface area (Å²) < 4.78 is 6.36. The maximum absolute atomic E-state index is 9.45. The van der Waals surface area contributed by atoms with Crippen LogP contribution in [0.1, 0.15) is 31.9 Å². The van der Waals surface area contributed by atoms with Crippen molar-refractivity contribution in [2.24, 2.45) is 0 Å². The SMILES string of the molecule is CCc1cc(Br)c(OC)c(C(C)(C)CO)c1. The van der Waals surface area contributed by atoms with Crippen LogP contribution in [0.15, 0.2) is 16.6 Å². The number of halogens is 1. The predicted octanol–water partition coefficient (Wildman–Crippen LogP) is 3.29. The molecule has 0 saturated carbocycles. The zero-order valence-electron chi connectivity index (χ0n) is 10.3. The summed E-state index contributed by atoms with van der Waals surface area (Å²) in [4.78, 5) is 0. The highest BCUT2D eigenvalue weighted by Gasteiger charge is 2.25. The molecule has 0 saturated heterocycles. The van der Waals surface area contributed by atoms with Crippen LogP contribution < -0.4 is 4.74 Å². The molecule has 0 fully saturated rings. The van der Waals surface area contributed by atoms with E-state index in [9.17, 15) is 5.11 Å². The molecule has 1 N–H and O–H groups in total. The molecule has 1 aromatic rings. The van der Waals surface area contributed by atoms with E-state index >= 15 is 0 Å². The first-order valence-electron chi connectivity index (χ1n) is 5.44. The molecular weight excluding hydrogens is 268 g/mol. The highest BCUT2D eigenvalue weighted by atomic mass is 79.9. The molecule has 0 aliphatic carbocycles. The fraction of sp³-hybridized carbons (Fsp3) is 0.538. The average molecular weight is 287 g/mol. The maximum Gasteiger partial charge on any atom is 0.136 e. The van der Waals surface area contributed by atoms with Gasteiger partial charge in [0, 0.05) is 11.0 Å². The predicted molar refractivity (Wildman–Crippen MR) is 70.2 cm³/mol. The molecule has 0 bridgehead atoms. The molecule has 0 unspecified atom stereocenters.